The number of para-hydroxylation sites is 1. The van der Waals surface area contributed by atoms with Crippen LogP contribution in [-0.4, -0.2) is 38.2 Å². The summed E-state index contributed by atoms with van der Waals surface area (Å²) in [5.74, 6) is 6.12. The largest absolute Gasteiger partial charge is 0.486 e. The van der Waals surface area contributed by atoms with E-state index in [2.05, 4.69) is 22.5 Å². The van der Waals surface area contributed by atoms with Crippen LogP contribution in [0.3, 0.4) is 0 Å². The number of carbonyl (C=O) groups is 3. The van der Waals surface area contributed by atoms with Crippen molar-refractivity contribution in [3.05, 3.63) is 102 Å². The van der Waals surface area contributed by atoms with Gasteiger partial charge in [0, 0.05) is 35.5 Å². The Kier molecular flexibility index (Phi) is 8.31. The van der Waals surface area contributed by atoms with Crippen LogP contribution in [0.1, 0.15) is 33.6 Å². The van der Waals surface area contributed by atoms with Crippen molar-refractivity contribution in [1.29, 1.82) is 0 Å². The maximum Gasteiger partial charge on any atom is 0.337 e. The number of allylic oxidation sites excluding steroid dienone is 4. The van der Waals surface area contributed by atoms with Crippen molar-refractivity contribution in [2.75, 3.05) is 35.9 Å². The van der Waals surface area contributed by atoms with Crippen molar-refractivity contribution < 1.29 is 28.6 Å². The van der Waals surface area contributed by atoms with E-state index in [4.69, 9.17) is 14.2 Å². The Morgan fingerprint density at radius 1 is 0.854 bits per heavy atom. The molecule has 1 aliphatic carbocycles. The van der Waals surface area contributed by atoms with Gasteiger partial charge in [0.25, 0.3) is 5.91 Å². The van der Waals surface area contributed by atoms with E-state index in [1.165, 1.54) is 24.1 Å². The number of ether oxygens (including phenoxy) is 3. The molecule has 0 aromatic heterocycles. The average molecular weight is 550 g/mol. The smallest absolute Gasteiger partial charge is 0.337 e. The van der Waals surface area contributed by atoms with Crippen LogP contribution in [0.4, 0.5) is 21.9 Å². The molecule has 3 aromatic rings. The lowest BCUT2D eigenvalue weighted by Crippen LogP contribution is -2.34. The van der Waals surface area contributed by atoms with Crippen LogP contribution in [0.5, 0.6) is 11.5 Å². The number of methoxy groups -OCH3 is 1. The fraction of sp³-hybridized carbons (Fsp3) is 0.156. The molecule has 9 heteroatoms. The van der Waals surface area contributed by atoms with Crippen molar-refractivity contribution >= 4 is 35.0 Å². The van der Waals surface area contributed by atoms with Crippen LogP contribution >= 0.6 is 0 Å². The molecule has 5 rings (SSSR count). The highest BCUT2D eigenvalue weighted by Crippen LogP contribution is 2.31. The molecule has 0 fully saturated rings. The lowest BCUT2D eigenvalue weighted by Gasteiger charge is -2.25. The molecule has 0 bridgehead atoms. The minimum atomic E-state index is -0.626. The van der Waals surface area contributed by atoms with Crippen LogP contribution in [0.2, 0.25) is 0 Å². The van der Waals surface area contributed by atoms with Crippen molar-refractivity contribution in [3.8, 4) is 23.3 Å². The number of fused-ring (bicyclic) bond motifs is 1. The summed E-state index contributed by atoms with van der Waals surface area (Å²) >= 11 is 0. The summed E-state index contributed by atoms with van der Waals surface area (Å²) in [6, 6.07) is 18.1. The molecule has 1 aliphatic heterocycles. The van der Waals surface area contributed by atoms with Crippen molar-refractivity contribution in [1.82, 2.24) is 0 Å². The molecule has 9 nitrogen and oxygen atoms in total. The van der Waals surface area contributed by atoms with E-state index in [0.717, 1.165) is 0 Å². The number of benzene rings is 3. The molecule has 2 aliphatic rings. The SMILES string of the molecule is COC(=O)c1cc(NC(=O)c2ccc3c(c2)OCCO3)cc(NC(=O)N(/C2=C/C=C\CC#CC2)c2ccccc2)c1. The third-order valence-corrected chi connectivity index (χ3v) is 6.21. The van der Waals surface area contributed by atoms with Crippen LogP contribution in [0.15, 0.2) is 90.7 Å². The maximum atomic E-state index is 13.7. The van der Waals surface area contributed by atoms with Gasteiger partial charge in [0.1, 0.15) is 13.2 Å². The Balaban J connectivity index is 1.43. The molecule has 0 unspecified atom stereocenters. The first-order chi connectivity index (χ1) is 20.0. The number of esters is 1. The van der Waals surface area contributed by atoms with Gasteiger partial charge < -0.3 is 24.8 Å². The molecule has 3 aromatic carbocycles. The Morgan fingerprint density at radius 3 is 2.39 bits per heavy atom. The Bertz CT molecular complexity index is 1600. The molecule has 0 saturated carbocycles. The Hall–Kier alpha value is -5.49. The summed E-state index contributed by atoms with van der Waals surface area (Å²) in [4.78, 5) is 40.8. The predicted molar refractivity (Wildman–Crippen MR) is 155 cm³/mol. The number of nitrogens with one attached hydrogen (secondary N) is 2. The minimum absolute atomic E-state index is 0.146. The van der Waals surface area contributed by atoms with E-state index in [0.29, 0.717) is 54.5 Å². The van der Waals surface area contributed by atoms with Gasteiger partial charge >= 0.3 is 12.0 Å². The van der Waals surface area contributed by atoms with E-state index < -0.39 is 17.9 Å². The lowest BCUT2D eigenvalue weighted by molar-refractivity contribution is 0.0600. The highest BCUT2D eigenvalue weighted by atomic mass is 16.6. The van der Waals surface area contributed by atoms with Gasteiger partial charge in [-0.2, -0.15) is 0 Å². The second-order valence-corrected chi connectivity index (χ2v) is 9.02. The van der Waals surface area contributed by atoms with Gasteiger partial charge in [0.15, 0.2) is 11.5 Å². The Morgan fingerprint density at radius 2 is 1.61 bits per heavy atom. The van der Waals surface area contributed by atoms with Crippen molar-refractivity contribution in [3.63, 3.8) is 0 Å². The number of carbonyl (C=O) groups excluding carboxylic acids is 3. The van der Waals surface area contributed by atoms with Crippen LogP contribution < -0.4 is 25.0 Å². The average Bonchev–Trinajstić information content (AvgIpc) is 2.98. The van der Waals surface area contributed by atoms with E-state index in [1.807, 2.05) is 48.6 Å². The van der Waals surface area contributed by atoms with Crippen LogP contribution in [0, 0.1) is 11.8 Å². The van der Waals surface area contributed by atoms with Crippen molar-refractivity contribution in [2.45, 2.75) is 12.8 Å². The monoisotopic (exact) mass is 549 g/mol. The van der Waals surface area contributed by atoms with Gasteiger partial charge in [-0.15, -0.1) is 0 Å². The molecular formula is C32H27N3O6. The first-order valence-corrected chi connectivity index (χ1v) is 12.9. The fourth-order valence-electron chi connectivity index (χ4n) is 4.31. The summed E-state index contributed by atoms with van der Waals surface area (Å²) in [6.45, 7) is 0.832. The first kappa shape index (κ1) is 27.1. The van der Waals surface area contributed by atoms with Gasteiger partial charge in [-0.1, -0.05) is 42.2 Å². The topological polar surface area (TPSA) is 106 Å². The second kappa shape index (κ2) is 12.6. The number of nitrogens with zero attached hydrogens (tertiary/aromatic N) is 1. The second-order valence-electron chi connectivity index (χ2n) is 9.02. The maximum absolute atomic E-state index is 13.7. The normalized spacial score (nSPS) is 15.4. The van der Waals surface area contributed by atoms with Crippen LogP contribution in [-0.2, 0) is 4.74 Å². The summed E-state index contributed by atoms with van der Waals surface area (Å²) in [6.07, 6.45) is 6.65. The molecule has 206 valence electrons. The molecule has 0 saturated heterocycles. The number of amides is 3. The molecule has 0 atom stereocenters. The predicted octanol–water partition coefficient (Wildman–Crippen LogP) is 5.77. The van der Waals surface area contributed by atoms with E-state index in [-0.39, 0.29) is 16.9 Å². The quantitative estimate of drug-likeness (QED) is 0.299. The van der Waals surface area contributed by atoms with Gasteiger partial charge in [0.2, 0.25) is 0 Å². The third-order valence-electron chi connectivity index (χ3n) is 6.21. The molecular weight excluding hydrogens is 522 g/mol. The third kappa shape index (κ3) is 6.57. The number of hydrogen-bond acceptors (Lipinski definition) is 6. The highest BCUT2D eigenvalue weighted by Gasteiger charge is 2.22. The highest BCUT2D eigenvalue weighted by molar-refractivity contribution is 6.07. The van der Waals surface area contributed by atoms with Gasteiger partial charge in [0.05, 0.1) is 18.4 Å². The minimum Gasteiger partial charge on any atom is -0.486 e. The molecule has 1 heterocycles. The zero-order valence-electron chi connectivity index (χ0n) is 22.3. The fourth-order valence-corrected chi connectivity index (χ4v) is 4.31. The van der Waals surface area contributed by atoms with Gasteiger partial charge in [-0.25, -0.2) is 9.59 Å². The number of rotatable bonds is 6. The Labute approximate surface area is 237 Å². The standard InChI is InChI=1S/C32H27N3O6/c1-39-31(37)23-18-24(33-30(36)22-14-15-28-29(20-22)41-17-16-40-28)21-25(19-23)34-32(38)35(27-12-8-5-9-13-27)26-10-6-3-2-4-7-11-26/h3,5-6,8-10,12-15,18-21H,2,11,16-17H2,1H3,(H,33,36)(H,34,38)/b6-3-,26-10+. The first-order valence-electron chi connectivity index (χ1n) is 12.9. The van der Waals surface area contributed by atoms with Gasteiger partial charge in [-0.3, -0.25) is 9.69 Å². The zero-order valence-corrected chi connectivity index (χ0v) is 22.3. The zero-order chi connectivity index (χ0) is 28.6. The number of hydrogen-bond donors (Lipinski definition) is 2. The van der Waals surface area contributed by atoms with Crippen molar-refractivity contribution in [2.24, 2.45) is 0 Å². The number of anilines is 3. The van der Waals surface area contributed by atoms with E-state index >= 15 is 0 Å². The summed E-state index contributed by atoms with van der Waals surface area (Å²) in [5, 5.41) is 5.66. The summed E-state index contributed by atoms with van der Waals surface area (Å²) in [5.41, 5.74) is 2.37. The lowest BCUT2D eigenvalue weighted by atomic mass is 10.1. The summed E-state index contributed by atoms with van der Waals surface area (Å²) in [7, 11) is 1.26. The molecule has 3 amide bonds. The van der Waals surface area contributed by atoms with E-state index in [9.17, 15) is 14.4 Å². The molecule has 0 spiro atoms. The molecule has 2 N–H and O–H groups in total. The molecule has 0 radical (unpaired) electrons. The van der Waals surface area contributed by atoms with E-state index in [1.54, 1.807) is 24.3 Å². The molecule has 41 heavy (non-hydrogen) atoms. The summed E-state index contributed by atoms with van der Waals surface area (Å²) < 4.78 is 16.0. The number of urea groups is 1. The van der Waals surface area contributed by atoms with Gasteiger partial charge in [-0.05, 0) is 54.6 Å². The van der Waals surface area contributed by atoms with Crippen LogP contribution in [0.25, 0.3) is 0 Å².